The summed E-state index contributed by atoms with van der Waals surface area (Å²) < 4.78 is 26.2. The summed E-state index contributed by atoms with van der Waals surface area (Å²) in [5.74, 6) is 0.186. The van der Waals surface area contributed by atoms with Crippen LogP contribution < -0.4 is 10.2 Å². The van der Waals surface area contributed by atoms with Gasteiger partial charge in [0, 0.05) is 18.5 Å². The van der Waals surface area contributed by atoms with E-state index in [1.807, 2.05) is 0 Å². The predicted octanol–water partition coefficient (Wildman–Crippen LogP) is -1.07. The summed E-state index contributed by atoms with van der Waals surface area (Å²) in [4.78, 5) is 13.6. The fourth-order valence-electron chi connectivity index (χ4n) is 1.31. The molecule has 3 N–H and O–H groups in total. The van der Waals surface area contributed by atoms with Crippen LogP contribution in [-0.2, 0) is 10.0 Å². The van der Waals surface area contributed by atoms with Gasteiger partial charge in [-0.15, -0.1) is 10.2 Å². The number of nitrogens with zero attached hydrogens (tertiary/aromatic N) is 3. The summed E-state index contributed by atoms with van der Waals surface area (Å²) in [6.45, 7) is 1.54. The first-order valence-electron chi connectivity index (χ1n) is 4.93. The Morgan fingerprint density at radius 1 is 1.44 bits per heavy atom. The van der Waals surface area contributed by atoms with E-state index in [9.17, 15) is 13.2 Å². The second-order valence-corrected chi connectivity index (χ2v) is 5.17. The van der Waals surface area contributed by atoms with Crippen LogP contribution in [0.2, 0.25) is 0 Å². The summed E-state index contributed by atoms with van der Waals surface area (Å²) in [5.41, 5.74) is -0.596. The molecule has 2 aromatic rings. The van der Waals surface area contributed by atoms with Crippen molar-refractivity contribution in [2.45, 2.75) is 17.9 Å². The Hall–Kier alpha value is -2.07. The van der Waals surface area contributed by atoms with Crippen molar-refractivity contribution in [2.24, 2.45) is 0 Å². The zero-order valence-electron chi connectivity index (χ0n) is 9.28. The maximum atomic E-state index is 11.9. The average molecular weight is 270 g/mol. The summed E-state index contributed by atoms with van der Waals surface area (Å²) in [6, 6.07) is 0.432. The number of tetrazole rings is 1. The SMILES string of the molecule is CC(NS(=O)(=O)c1c[nH]ccc1=O)c1nn[nH]n1. The normalized spacial score (nSPS) is 13.4. The third kappa shape index (κ3) is 2.43. The van der Waals surface area contributed by atoms with Crippen molar-refractivity contribution in [2.75, 3.05) is 0 Å². The Kier molecular flexibility index (Phi) is 3.21. The summed E-state index contributed by atoms with van der Waals surface area (Å²) in [5, 5.41) is 12.9. The van der Waals surface area contributed by atoms with Crippen LogP contribution in [0.15, 0.2) is 28.2 Å². The Balaban J connectivity index is 2.29. The minimum absolute atomic E-state index is 0.186. The smallest absolute Gasteiger partial charge is 0.246 e. The van der Waals surface area contributed by atoms with Gasteiger partial charge in [0.05, 0.1) is 6.04 Å². The van der Waals surface area contributed by atoms with Gasteiger partial charge in [0.25, 0.3) is 0 Å². The molecule has 0 aliphatic heterocycles. The van der Waals surface area contributed by atoms with Crippen LogP contribution >= 0.6 is 0 Å². The molecule has 0 fully saturated rings. The number of rotatable bonds is 4. The molecule has 0 saturated carbocycles. The topological polar surface area (TPSA) is 133 Å². The zero-order chi connectivity index (χ0) is 13.2. The van der Waals surface area contributed by atoms with Crippen LogP contribution in [0.5, 0.6) is 0 Å². The molecule has 96 valence electrons. The molecule has 18 heavy (non-hydrogen) atoms. The molecule has 0 amide bonds. The van der Waals surface area contributed by atoms with E-state index in [0.717, 1.165) is 12.3 Å². The minimum atomic E-state index is -3.93. The Morgan fingerprint density at radius 3 is 2.83 bits per heavy atom. The molecule has 2 rings (SSSR count). The van der Waals surface area contributed by atoms with Gasteiger partial charge in [-0.05, 0) is 6.92 Å². The van der Waals surface area contributed by atoms with E-state index in [2.05, 4.69) is 30.3 Å². The predicted molar refractivity (Wildman–Crippen MR) is 60.0 cm³/mol. The average Bonchev–Trinajstić information content (AvgIpc) is 2.82. The van der Waals surface area contributed by atoms with E-state index in [0.29, 0.717) is 0 Å². The Labute approximate surface area is 102 Å². The van der Waals surface area contributed by atoms with E-state index < -0.39 is 21.5 Å². The molecular weight excluding hydrogens is 260 g/mol. The number of nitrogens with one attached hydrogen (secondary N) is 3. The number of aromatic amines is 2. The molecule has 0 saturated heterocycles. The number of sulfonamides is 1. The number of aromatic nitrogens is 5. The standard InChI is InChI=1S/C8H10N6O3S/c1-5(8-10-13-14-11-8)12-18(16,17)7-4-9-3-2-6(7)15/h2-5,12H,1H3,(H,9,15)(H,10,11,13,14). The molecule has 10 heteroatoms. The summed E-state index contributed by atoms with van der Waals surface area (Å²) in [6.07, 6.45) is 2.47. The highest BCUT2D eigenvalue weighted by Gasteiger charge is 2.22. The molecule has 0 aliphatic carbocycles. The molecule has 0 bridgehead atoms. The fraction of sp³-hybridized carbons (Fsp3) is 0.250. The van der Waals surface area contributed by atoms with Gasteiger partial charge in [0.2, 0.25) is 15.5 Å². The molecule has 0 radical (unpaired) electrons. The van der Waals surface area contributed by atoms with E-state index in [4.69, 9.17) is 0 Å². The maximum Gasteiger partial charge on any atom is 0.246 e. The Bertz CT molecular complexity index is 677. The van der Waals surface area contributed by atoms with Gasteiger partial charge in [0.15, 0.2) is 5.82 Å². The quantitative estimate of drug-likeness (QED) is 0.647. The molecule has 1 atom stereocenters. The first-order chi connectivity index (χ1) is 8.50. The lowest BCUT2D eigenvalue weighted by atomic mass is 10.4. The zero-order valence-corrected chi connectivity index (χ0v) is 10.1. The lowest BCUT2D eigenvalue weighted by Crippen LogP contribution is -2.31. The highest BCUT2D eigenvalue weighted by molar-refractivity contribution is 7.89. The molecule has 0 aromatic carbocycles. The lowest BCUT2D eigenvalue weighted by Gasteiger charge is -2.09. The van der Waals surface area contributed by atoms with Crippen molar-refractivity contribution in [1.29, 1.82) is 0 Å². The molecule has 2 aromatic heterocycles. The van der Waals surface area contributed by atoms with Crippen molar-refractivity contribution >= 4 is 10.0 Å². The Morgan fingerprint density at radius 2 is 2.22 bits per heavy atom. The van der Waals surface area contributed by atoms with Crippen molar-refractivity contribution in [3.63, 3.8) is 0 Å². The minimum Gasteiger partial charge on any atom is -0.366 e. The van der Waals surface area contributed by atoms with Gasteiger partial charge in [0.1, 0.15) is 4.90 Å². The maximum absolute atomic E-state index is 11.9. The van der Waals surface area contributed by atoms with Crippen molar-refractivity contribution < 1.29 is 8.42 Å². The van der Waals surface area contributed by atoms with Crippen LogP contribution in [0.25, 0.3) is 0 Å². The van der Waals surface area contributed by atoms with Crippen molar-refractivity contribution in [3.05, 3.63) is 34.5 Å². The van der Waals surface area contributed by atoms with Crippen LogP contribution in [-0.4, -0.2) is 34.0 Å². The van der Waals surface area contributed by atoms with E-state index in [1.54, 1.807) is 6.92 Å². The van der Waals surface area contributed by atoms with Gasteiger partial charge in [-0.1, -0.05) is 5.21 Å². The van der Waals surface area contributed by atoms with E-state index >= 15 is 0 Å². The van der Waals surface area contributed by atoms with Crippen LogP contribution in [0.1, 0.15) is 18.8 Å². The first-order valence-corrected chi connectivity index (χ1v) is 6.42. The van der Waals surface area contributed by atoms with Crippen molar-refractivity contribution in [3.8, 4) is 0 Å². The number of H-pyrrole nitrogens is 2. The highest BCUT2D eigenvalue weighted by atomic mass is 32.2. The van der Waals surface area contributed by atoms with Gasteiger partial charge < -0.3 is 4.98 Å². The largest absolute Gasteiger partial charge is 0.366 e. The van der Waals surface area contributed by atoms with Gasteiger partial charge in [-0.2, -0.15) is 5.21 Å². The molecule has 0 aliphatic rings. The monoisotopic (exact) mass is 270 g/mol. The molecule has 1 unspecified atom stereocenters. The third-order valence-corrected chi connectivity index (χ3v) is 3.72. The van der Waals surface area contributed by atoms with Gasteiger partial charge in [-0.25, -0.2) is 13.1 Å². The summed E-state index contributed by atoms with van der Waals surface area (Å²) in [7, 11) is -3.93. The fourth-order valence-corrected chi connectivity index (χ4v) is 2.57. The van der Waals surface area contributed by atoms with Crippen molar-refractivity contribution in [1.82, 2.24) is 30.3 Å². The van der Waals surface area contributed by atoms with Gasteiger partial charge >= 0.3 is 0 Å². The molecule has 0 spiro atoms. The van der Waals surface area contributed by atoms with Crippen LogP contribution in [0.3, 0.4) is 0 Å². The first kappa shape index (κ1) is 12.4. The second-order valence-electron chi connectivity index (χ2n) is 3.49. The number of hydrogen-bond donors (Lipinski definition) is 3. The van der Waals surface area contributed by atoms with E-state index in [1.165, 1.54) is 6.20 Å². The highest BCUT2D eigenvalue weighted by Crippen LogP contribution is 2.09. The molecule has 2 heterocycles. The molecular formula is C8H10N6O3S. The second kappa shape index (κ2) is 4.66. The number of hydrogen-bond acceptors (Lipinski definition) is 6. The molecule has 9 nitrogen and oxygen atoms in total. The van der Waals surface area contributed by atoms with Crippen LogP contribution in [0, 0.1) is 0 Å². The summed E-state index contributed by atoms with van der Waals surface area (Å²) >= 11 is 0. The third-order valence-electron chi connectivity index (χ3n) is 2.16. The lowest BCUT2D eigenvalue weighted by molar-refractivity contribution is 0.559. The van der Waals surface area contributed by atoms with E-state index in [-0.39, 0.29) is 10.7 Å². The number of pyridine rings is 1. The van der Waals surface area contributed by atoms with Gasteiger partial charge in [-0.3, -0.25) is 4.79 Å². The van der Waals surface area contributed by atoms with Crippen LogP contribution in [0.4, 0.5) is 0 Å².